The Morgan fingerprint density at radius 2 is 2.08 bits per heavy atom. The smallest absolute Gasteiger partial charge is 0.261 e. The first-order valence-corrected chi connectivity index (χ1v) is 9.12. The summed E-state index contributed by atoms with van der Waals surface area (Å²) in [6.45, 7) is 3.15. The van der Waals surface area contributed by atoms with Crippen molar-refractivity contribution in [1.82, 2.24) is 9.88 Å². The first-order chi connectivity index (χ1) is 12.2. The first-order valence-electron chi connectivity index (χ1n) is 8.18. The summed E-state index contributed by atoms with van der Waals surface area (Å²) in [7, 11) is 0. The van der Waals surface area contributed by atoms with Crippen LogP contribution in [0.5, 0.6) is 5.75 Å². The molecule has 0 bridgehead atoms. The molecule has 4 rings (SSSR count). The Kier molecular flexibility index (Phi) is 4.24. The third-order valence-electron chi connectivity index (χ3n) is 4.42. The van der Waals surface area contributed by atoms with Gasteiger partial charge < -0.3 is 9.64 Å². The standard InChI is InChI=1S/C20H18N2O2S/c1-14-4-2-3-5-15(14)10-22-11-18-19(24-12-20(22)23)7-6-17(21-18)16-8-9-25-13-16/h2-9,13H,10-12H2,1H3. The molecule has 1 aromatic carbocycles. The lowest BCUT2D eigenvalue weighted by Crippen LogP contribution is -2.32. The summed E-state index contributed by atoms with van der Waals surface area (Å²) in [5.74, 6) is 0.679. The van der Waals surface area contributed by atoms with Crippen LogP contribution < -0.4 is 4.74 Å². The molecule has 0 aliphatic carbocycles. The molecule has 25 heavy (non-hydrogen) atoms. The summed E-state index contributed by atoms with van der Waals surface area (Å²) >= 11 is 1.64. The molecule has 126 valence electrons. The molecule has 3 aromatic rings. The molecule has 0 saturated carbocycles. The second-order valence-corrected chi connectivity index (χ2v) is 6.90. The van der Waals surface area contributed by atoms with Crippen LogP contribution in [0.4, 0.5) is 0 Å². The Bertz CT molecular complexity index is 906. The number of ether oxygens (including phenoxy) is 1. The van der Waals surface area contributed by atoms with E-state index in [4.69, 9.17) is 9.72 Å². The number of thiophene rings is 1. The van der Waals surface area contributed by atoms with Gasteiger partial charge in [0, 0.05) is 17.5 Å². The van der Waals surface area contributed by atoms with Gasteiger partial charge in [0.1, 0.15) is 11.4 Å². The lowest BCUT2D eigenvalue weighted by atomic mass is 10.1. The molecule has 2 aromatic heterocycles. The molecular weight excluding hydrogens is 332 g/mol. The van der Waals surface area contributed by atoms with Gasteiger partial charge in [0.25, 0.3) is 5.91 Å². The number of carbonyl (C=O) groups excluding carboxylic acids is 1. The Morgan fingerprint density at radius 1 is 1.20 bits per heavy atom. The van der Waals surface area contributed by atoms with Gasteiger partial charge in [-0.3, -0.25) is 4.79 Å². The maximum atomic E-state index is 12.5. The average molecular weight is 350 g/mol. The first kappa shape index (κ1) is 15.8. The van der Waals surface area contributed by atoms with Gasteiger partial charge in [-0.15, -0.1) is 0 Å². The minimum absolute atomic E-state index is 0.0154. The van der Waals surface area contributed by atoms with Gasteiger partial charge in [-0.2, -0.15) is 11.3 Å². The third-order valence-corrected chi connectivity index (χ3v) is 5.10. The number of hydrogen-bond donors (Lipinski definition) is 0. The van der Waals surface area contributed by atoms with E-state index in [1.54, 1.807) is 11.3 Å². The van der Waals surface area contributed by atoms with Crippen molar-refractivity contribution in [1.29, 1.82) is 0 Å². The van der Waals surface area contributed by atoms with E-state index in [-0.39, 0.29) is 12.5 Å². The number of hydrogen-bond acceptors (Lipinski definition) is 4. The van der Waals surface area contributed by atoms with Crippen LogP contribution in [0.2, 0.25) is 0 Å². The van der Waals surface area contributed by atoms with E-state index in [1.165, 1.54) is 5.56 Å². The molecule has 0 saturated heterocycles. The number of rotatable bonds is 3. The van der Waals surface area contributed by atoms with Gasteiger partial charge in [-0.1, -0.05) is 24.3 Å². The van der Waals surface area contributed by atoms with Crippen LogP contribution in [-0.4, -0.2) is 22.4 Å². The Hall–Kier alpha value is -2.66. The zero-order valence-electron chi connectivity index (χ0n) is 13.9. The van der Waals surface area contributed by atoms with Crippen LogP contribution >= 0.6 is 11.3 Å². The SMILES string of the molecule is Cc1ccccc1CN1Cc2nc(-c3ccsc3)ccc2OCC1=O. The highest BCUT2D eigenvalue weighted by Gasteiger charge is 2.23. The molecule has 0 unspecified atom stereocenters. The van der Waals surface area contributed by atoms with Gasteiger partial charge in [-0.25, -0.2) is 4.98 Å². The number of amides is 1. The number of nitrogens with zero attached hydrogens (tertiary/aromatic N) is 2. The summed E-state index contributed by atoms with van der Waals surface area (Å²) in [5.41, 5.74) is 5.14. The fourth-order valence-corrected chi connectivity index (χ4v) is 3.59. The zero-order valence-corrected chi connectivity index (χ0v) is 14.8. The van der Waals surface area contributed by atoms with Crippen LogP contribution in [0, 0.1) is 6.92 Å². The van der Waals surface area contributed by atoms with Gasteiger partial charge in [0.2, 0.25) is 0 Å². The highest BCUT2D eigenvalue weighted by molar-refractivity contribution is 7.08. The predicted octanol–water partition coefficient (Wildman–Crippen LogP) is 4.04. The minimum atomic E-state index is -0.0154. The zero-order chi connectivity index (χ0) is 17.2. The van der Waals surface area contributed by atoms with E-state index in [1.807, 2.05) is 40.6 Å². The molecule has 0 radical (unpaired) electrons. The molecular formula is C20H18N2O2S. The van der Waals surface area contributed by atoms with Crippen molar-refractivity contribution < 1.29 is 9.53 Å². The number of aryl methyl sites for hydroxylation is 1. The monoisotopic (exact) mass is 350 g/mol. The predicted molar refractivity (Wildman–Crippen MR) is 98.5 cm³/mol. The second kappa shape index (κ2) is 6.69. The Morgan fingerprint density at radius 3 is 2.88 bits per heavy atom. The number of pyridine rings is 1. The Balaban J connectivity index is 1.64. The van der Waals surface area contributed by atoms with Crippen LogP contribution in [0.1, 0.15) is 16.8 Å². The van der Waals surface area contributed by atoms with E-state index in [2.05, 4.69) is 24.4 Å². The lowest BCUT2D eigenvalue weighted by molar-refractivity contribution is -0.133. The van der Waals surface area contributed by atoms with E-state index in [0.717, 1.165) is 22.5 Å². The number of aromatic nitrogens is 1. The fourth-order valence-electron chi connectivity index (χ4n) is 2.94. The highest BCUT2D eigenvalue weighted by Crippen LogP contribution is 2.28. The van der Waals surface area contributed by atoms with Gasteiger partial charge in [0.05, 0.1) is 12.2 Å². The van der Waals surface area contributed by atoms with Crippen molar-refractivity contribution in [3.63, 3.8) is 0 Å². The van der Waals surface area contributed by atoms with Crippen LogP contribution in [0.15, 0.2) is 53.2 Å². The molecule has 0 fully saturated rings. The van der Waals surface area contributed by atoms with E-state index in [9.17, 15) is 4.79 Å². The number of benzene rings is 1. The number of fused-ring (bicyclic) bond motifs is 1. The van der Waals surface area contributed by atoms with Gasteiger partial charge in [-0.05, 0) is 41.6 Å². The minimum Gasteiger partial charge on any atom is -0.482 e. The average Bonchev–Trinajstić information content (AvgIpc) is 3.11. The van der Waals surface area contributed by atoms with Crippen molar-refractivity contribution in [2.75, 3.05) is 6.61 Å². The van der Waals surface area contributed by atoms with Crippen LogP contribution in [-0.2, 0) is 17.9 Å². The molecule has 0 N–H and O–H groups in total. The van der Waals surface area contributed by atoms with Crippen molar-refractivity contribution in [2.24, 2.45) is 0 Å². The van der Waals surface area contributed by atoms with Crippen molar-refractivity contribution in [2.45, 2.75) is 20.0 Å². The van der Waals surface area contributed by atoms with Crippen molar-refractivity contribution in [3.8, 4) is 17.0 Å². The van der Waals surface area contributed by atoms with Crippen LogP contribution in [0.3, 0.4) is 0 Å². The maximum Gasteiger partial charge on any atom is 0.261 e. The van der Waals surface area contributed by atoms with Gasteiger partial charge >= 0.3 is 0 Å². The highest BCUT2D eigenvalue weighted by atomic mass is 32.1. The Labute approximate surface area is 150 Å². The molecule has 1 aliphatic rings. The largest absolute Gasteiger partial charge is 0.482 e. The molecule has 1 amide bonds. The maximum absolute atomic E-state index is 12.5. The second-order valence-electron chi connectivity index (χ2n) is 6.12. The van der Waals surface area contributed by atoms with Crippen molar-refractivity contribution in [3.05, 3.63) is 70.0 Å². The molecule has 0 spiro atoms. The van der Waals surface area contributed by atoms with E-state index >= 15 is 0 Å². The summed E-state index contributed by atoms with van der Waals surface area (Å²) < 4.78 is 5.68. The molecule has 0 atom stereocenters. The lowest BCUT2D eigenvalue weighted by Gasteiger charge is -2.20. The van der Waals surface area contributed by atoms with E-state index < -0.39 is 0 Å². The van der Waals surface area contributed by atoms with E-state index in [0.29, 0.717) is 18.8 Å². The normalized spacial score (nSPS) is 14.0. The summed E-state index contributed by atoms with van der Waals surface area (Å²) in [4.78, 5) is 19.1. The van der Waals surface area contributed by atoms with Crippen LogP contribution in [0.25, 0.3) is 11.3 Å². The summed E-state index contributed by atoms with van der Waals surface area (Å²) in [5, 5.41) is 4.11. The number of carbonyl (C=O) groups is 1. The van der Waals surface area contributed by atoms with Gasteiger partial charge in [0.15, 0.2) is 6.61 Å². The molecule has 5 heteroatoms. The quantitative estimate of drug-likeness (QED) is 0.716. The fraction of sp³-hybridized carbons (Fsp3) is 0.200. The topological polar surface area (TPSA) is 42.4 Å². The summed E-state index contributed by atoms with van der Waals surface area (Å²) in [6, 6.07) is 14.0. The molecule has 4 nitrogen and oxygen atoms in total. The summed E-state index contributed by atoms with van der Waals surface area (Å²) in [6.07, 6.45) is 0. The third kappa shape index (κ3) is 3.28. The molecule has 3 heterocycles. The van der Waals surface area contributed by atoms with Crippen molar-refractivity contribution >= 4 is 17.2 Å². The molecule has 1 aliphatic heterocycles.